The molecule has 0 aliphatic carbocycles. The van der Waals surface area contributed by atoms with E-state index in [0.29, 0.717) is 25.9 Å². The molecule has 40 heavy (non-hydrogen) atoms. The third kappa shape index (κ3) is 4.84. The maximum Gasteiger partial charge on any atom is 0.253 e. The van der Waals surface area contributed by atoms with Crippen LogP contribution in [0, 0.1) is 25.7 Å². The van der Waals surface area contributed by atoms with Gasteiger partial charge in [-0.15, -0.1) is 13.2 Å². The fourth-order valence-corrected chi connectivity index (χ4v) is 7.90. The predicted octanol–water partition coefficient (Wildman–Crippen LogP) is 3.77. The number of likely N-dealkylation sites (tertiary alicyclic amines) is 1. The van der Waals surface area contributed by atoms with Gasteiger partial charge in [0, 0.05) is 30.1 Å². The van der Waals surface area contributed by atoms with Crippen LogP contribution in [0.4, 0.5) is 5.69 Å². The van der Waals surface area contributed by atoms with Crippen LogP contribution in [0.5, 0.6) is 0 Å². The van der Waals surface area contributed by atoms with Crippen molar-refractivity contribution in [1.82, 2.24) is 9.80 Å². The number of benzene rings is 1. The number of halogens is 1. The first-order chi connectivity index (χ1) is 19.1. The van der Waals surface area contributed by atoms with Crippen molar-refractivity contribution < 1.29 is 24.2 Å². The molecule has 9 heteroatoms. The minimum Gasteiger partial charge on any atom is -0.394 e. The highest BCUT2D eigenvalue weighted by Crippen LogP contribution is 2.61. The monoisotopic (exact) mass is 615 g/mol. The largest absolute Gasteiger partial charge is 0.394 e. The quantitative estimate of drug-likeness (QED) is 0.286. The number of hydrogen-bond acceptors (Lipinski definition) is 5. The summed E-state index contributed by atoms with van der Waals surface area (Å²) >= 11 is 3.75. The predicted molar refractivity (Wildman–Crippen MR) is 159 cm³/mol. The number of alkyl halides is 1. The molecule has 3 heterocycles. The van der Waals surface area contributed by atoms with Crippen molar-refractivity contribution in [3.8, 4) is 0 Å². The number of aryl methyl sites for hydroxylation is 2. The highest BCUT2D eigenvalue weighted by atomic mass is 79.9. The maximum atomic E-state index is 14.7. The molecular formula is C31H42BrN3O5. The smallest absolute Gasteiger partial charge is 0.253 e. The third-order valence-electron chi connectivity index (χ3n) is 8.71. The molecule has 8 nitrogen and oxygen atoms in total. The Morgan fingerprint density at radius 2 is 1.93 bits per heavy atom. The van der Waals surface area contributed by atoms with Gasteiger partial charge in [0.1, 0.15) is 11.6 Å². The van der Waals surface area contributed by atoms with Crippen LogP contribution in [0.25, 0.3) is 0 Å². The molecule has 3 unspecified atom stereocenters. The lowest BCUT2D eigenvalue weighted by Crippen LogP contribution is -2.59. The average molecular weight is 617 g/mol. The molecule has 1 aromatic rings. The molecule has 218 valence electrons. The standard InChI is InChI=1S/C31H42BrN3O5/c1-7-13-33(14-8-2)28(37)24-25-29(38)35(21(10-4)18-36)27(31(25)17-22(32)26(24)40-31)30(39)34(15-9-3)23-16-19(5)11-12-20(23)6/h7,9,11-12,16,21-22,24-27,36H,1,3,8,10,13-15,17-18H2,2,4-6H3/t21-,22?,24+,25-,26+,27?,31?/m0/s1. The summed E-state index contributed by atoms with van der Waals surface area (Å²) in [6, 6.07) is 4.34. The number of nitrogens with zero attached hydrogens (tertiary/aromatic N) is 3. The van der Waals surface area contributed by atoms with Gasteiger partial charge in [-0.1, -0.05) is 54.1 Å². The van der Waals surface area contributed by atoms with Crippen molar-refractivity contribution >= 4 is 39.3 Å². The Labute approximate surface area is 246 Å². The zero-order valence-electron chi connectivity index (χ0n) is 24.0. The Morgan fingerprint density at radius 1 is 1.23 bits per heavy atom. The number of rotatable bonds is 12. The second kappa shape index (κ2) is 12.2. The Balaban J connectivity index is 1.86. The van der Waals surface area contributed by atoms with E-state index in [-0.39, 0.29) is 35.7 Å². The van der Waals surface area contributed by atoms with Crippen molar-refractivity contribution in [1.29, 1.82) is 0 Å². The third-order valence-corrected chi connectivity index (χ3v) is 9.55. The van der Waals surface area contributed by atoms with Crippen molar-refractivity contribution in [2.45, 2.75) is 75.6 Å². The van der Waals surface area contributed by atoms with Gasteiger partial charge in [-0.2, -0.15) is 0 Å². The van der Waals surface area contributed by atoms with E-state index in [4.69, 9.17) is 4.74 Å². The van der Waals surface area contributed by atoms with Gasteiger partial charge in [0.25, 0.3) is 5.91 Å². The first kappa shape index (κ1) is 30.5. The number of hydrogen-bond donors (Lipinski definition) is 1. The minimum atomic E-state index is -1.20. The number of amides is 3. The summed E-state index contributed by atoms with van der Waals surface area (Å²) in [4.78, 5) is 47.9. The first-order valence-corrected chi connectivity index (χ1v) is 15.2. The average Bonchev–Trinajstić information content (AvgIpc) is 3.52. The van der Waals surface area contributed by atoms with Crippen LogP contribution in [0.1, 0.15) is 44.2 Å². The van der Waals surface area contributed by atoms with Gasteiger partial charge in [-0.3, -0.25) is 14.4 Å². The van der Waals surface area contributed by atoms with Gasteiger partial charge in [0.15, 0.2) is 0 Å². The summed E-state index contributed by atoms with van der Waals surface area (Å²) in [5, 5.41) is 10.4. The van der Waals surface area contributed by atoms with E-state index >= 15 is 0 Å². The summed E-state index contributed by atoms with van der Waals surface area (Å²) in [6.45, 7) is 16.4. The Kier molecular flexibility index (Phi) is 9.27. The zero-order chi connectivity index (χ0) is 29.4. The number of aliphatic hydroxyl groups is 1. The van der Waals surface area contributed by atoms with E-state index in [1.165, 1.54) is 4.90 Å². The van der Waals surface area contributed by atoms with Crippen molar-refractivity contribution in [3.05, 3.63) is 54.6 Å². The molecular weight excluding hydrogens is 574 g/mol. The Hall–Kier alpha value is -2.49. The lowest BCUT2D eigenvalue weighted by Gasteiger charge is -2.39. The molecule has 0 radical (unpaired) electrons. The van der Waals surface area contributed by atoms with E-state index in [1.807, 2.05) is 45.9 Å². The molecule has 0 saturated carbocycles. The zero-order valence-corrected chi connectivity index (χ0v) is 25.6. The van der Waals surface area contributed by atoms with Crippen molar-refractivity contribution in [3.63, 3.8) is 0 Å². The topological polar surface area (TPSA) is 90.4 Å². The number of anilines is 1. The van der Waals surface area contributed by atoms with E-state index in [0.717, 1.165) is 23.2 Å². The molecule has 3 saturated heterocycles. The van der Waals surface area contributed by atoms with E-state index in [2.05, 4.69) is 29.1 Å². The molecule has 3 aliphatic heterocycles. The molecule has 1 spiro atoms. The molecule has 3 fully saturated rings. The molecule has 1 N–H and O–H groups in total. The highest BCUT2D eigenvalue weighted by molar-refractivity contribution is 9.09. The Bertz CT molecular complexity index is 1170. The molecule has 7 atom stereocenters. The van der Waals surface area contributed by atoms with Gasteiger partial charge in [-0.05, 0) is 50.3 Å². The Morgan fingerprint density at radius 3 is 2.52 bits per heavy atom. The lowest BCUT2D eigenvalue weighted by atomic mass is 9.70. The summed E-state index contributed by atoms with van der Waals surface area (Å²) in [5.41, 5.74) is 1.47. The molecule has 3 amide bonds. The van der Waals surface area contributed by atoms with Crippen LogP contribution in [-0.2, 0) is 19.1 Å². The number of fused-ring (bicyclic) bond motifs is 1. The van der Waals surface area contributed by atoms with Crippen LogP contribution in [-0.4, -0.2) is 87.5 Å². The maximum absolute atomic E-state index is 14.7. The molecule has 0 aromatic heterocycles. The number of ether oxygens (including phenoxy) is 1. The fraction of sp³-hybridized carbons (Fsp3) is 0.581. The normalized spacial score (nSPS) is 29.3. The summed E-state index contributed by atoms with van der Waals surface area (Å²) in [5.74, 6) is -2.29. The minimum absolute atomic E-state index is 0.154. The van der Waals surface area contributed by atoms with E-state index in [1.54, 1.807) is 22.0 Å². The molecule has 1 aromatic carbocycles. The summed E-state index contributed by atoms with van der Waals surface area (Å²) in [6.07, 6.45) is 4.46. The van der Waals surface area contributed by atoms with Crippen molar-refractivity contribution in [2.75, 3.05) is 31.1 Å². The van der Waals surface area contributed by atoms with Crippen LogP contribution in [0.2, 0.25) is 0 Å². The fourth-order valence-electron chi connectivity index (χ4n) is 6.96. The molecule has 2 bridgehead atoms. The second-order valence-corrected chi connectivity index (χ2v) is 12.4. The van der Waals surface area contributed by atoms with Gasteiger partial charge in [0.05, 0.1) is 30.6 Å². The summed E-state index contributed by atoms with van der Waals surface area (Å²) < 4.78 is 6.69. The van der Waals surface area contributed by atoms with Crippen LogP contribution < -0.4 is 4.90 Å². The number of carbonyl (C=O) groups excluding carboxylic acids is 3. The highest BCUT2D eigenvalue weighted by Gasteiger charge is 2.77. The van der Waals surface area contributed by atoms with Crippen molar-refractivity contribution in [2.24, 2.45) is 11.8 Å². The van der Waals surface area contributed by atoms with Gasteiger partial charge in [0.2, 0.25) is 11.8 Å². The van der Waals surface area contributed by atoms with Crippen LogP contribution in [0.15, 0.2) is 43.5 Å². The number of carbonyl (C=O) groups is 3. The molecule has 4 rings (SSSR count). The number of aliphatic hydroxyl groups excluding tert-OH is 1. The summed E-state index contributed by atoms with van der Waals surface area (Å²) in [7, 11) is 0. The molecule has 3 aliphatic rings. The van der Waals surface area contributed by atoms with Gasteiger partial charge < -0.3 is 24.5 Å². The first-order valence-electron chi connectivity index (χ1n) is 14.3. The van der Waals surface area contributed by atoms with Crippen LogP contribution >= 0.6 is 15.9 Å². The van der Waals surface area contributed by atoms with Crippen LogP contribution in [0.3, 0.4) is 0 Å². The van der Waals surface area contributed by atoms with Gasteiger partial charge in [-0.25, -0.2) is 0 Å². The van der Waals surface area contributed by atoms with E-state index < -0.39 is 35.6 Å². The SMILES string of the molecule is C=CCN(CCC)C(=O)[C@H]1[C@@H]2OC3(CC2Br)C(C(=O)N(CC=C)c2cc(C)ccc2C)N([C@@H](CC)CO)C(=O)[C@H]13. The van der Waals surface area contributed by atoms with E-state index in [9.17, 15) is 19.5 Å². The van der Waals surface area contributed by atoms with Gasteiger partial charge >= 0.3 is 0 Å². The second-order valence-electron chi connectivity index (χ2n) is 11.3. The lowest BCUT2D eigenvalue weighted by molar-refractivity contribution is -0.147.